The maximum atomic E-state index is 12.5. The minimum absolute atomic E-state index is 0.106. The monoisotopic (exact) mass is 392 g/mol. The molecule has 25 heavy (non-hydrogen) atoms. The van der Waals surface area contributed by atoms with E-state index in [-0.39, 0.29) is 11.9 Å². The minimum Gasteiger partial charge on any atom is -0.493 e. The Bertz CT molecular complexity index is 647. The fourth-order valence-corrected chi connectivity index (χ4v) is 3.92. The fourth-order valence-electron chi connectivity index (χ4n) is 2.74. The summed E-state index contributed by atoms with van der Waals surface area (Å²) in [5, 5.41) is 2.92. The predicted octanol–water partition coefficient (Wildman–Crippen LogP) is 2.25. The van der Waals surface area contributed by atoms with Crippen molar-refractivity contribution in [1.29, 1.82) is 0 Å². The lowest BCUT2D eigenvalue weighted by Gasteiger charge is -2.32. The lowest BCUT2D eigenvalue weighted by Crippen LogP contribution is -2.43. The van der Waals surface area contributed by atoms with Gasteiger partial charge in [-0.15, -0.1) is 0 Å². The molecule has 2 N–H and O–H groups in total. The van der Waals surface area contributed by atoms with Gasteiger partial charge in [0, 0.05) is 24.7 Å². The Labute approximate surface area is 151 Å². The number of amides is 1. The van der Waals surface area contributed by atoms with Gasteiger partial charge in [0.05, 0.1) is 21.3 Å². The molecule has 0 spiro atoms. The molecule has 1 aliphatic rings. The van der Waals surface area contributed by atoms with Crippen molar-refractivity contribution in [2.75, 3.05) is 34.4 Å². The first-order valence-electron chi connectivity index (χ1n) is 7.69. The van der Waals surface area contributed by atoms with Gasteiger partial charge in [-0.05, 0) is 36.2 Å². The highest BCUT2D eigenvalue weighted by molar-refractivity contribution is 7.82. The first-order chi connectivity index (χ1) is 11.8. The number of nitrogens with one attached hydrogen (secondary N) is 1. The Hall–Kier alpha value is -1.47. The van der Waals surface area contributed by atoms with Crippen LogP contribution in [-0.2, 0) is 4.57 Å². The highest BCUT2D eigenvalue weighted by Gasteiger charge is 2.31. The largest absolute Gasteiger partial charge is 0.493 e. The molecule has 1 aliphatic heterocycles. The molecule has 1 amide bonds. The predicted molar refractivity (Wildman–Crippen MR) is 93.8 cm³/mol. The zero-order valence-electron chi connectivity index (χ0n) is 14.3. The number of rotatable bonds is 6. The summed E-state index contributed by atoms with van der Waals surface area (Å²) in [6, 6.07) is 3.05. The van der Waals surface area contributed by atoms with Gasteiger partial charge in [0.2, 0.25) is 5.75 Å². The Morgan fingerprint density at radius 3 is 2.12 bits per heavy atom. The number of halogens is 1. The summed E-state index contributed by atoms with van der Waals surface area (Å²) in [6.45, 7) is -3.06. The minimum atomic E-state index is -3.74. The van der Waals surface area contributed by atoms with Crippen molar-refractivity contribution in [1.82, 2.24) is 9.99 Å². The first kappa shape index (κ1) is 19.8. The van der Waals surface area contributed by atoms with Crippen LogP contribution in [0.4, 0.5) is 0 Å². The van der Waals surface area contributed by atoms with E-state index in [0.717, 1.165) is 0 Å². The summed E-state index contributed by atoms with van der Waals surface area (Å²) in [6.07, 6.45) is 1.07. The SMILES string of the molecule is COc1cc(C(=O)NC2CCN(P(=O)(O)Cl)CC2)cc(OC)c1OC. The fraction of sp³-hybridized carbons (Fsp3) is 0.533. The molecule has 8 nitrogen and oxygen atoms in total. The van der Waals surface area contributed by atoms with Crippen LogP contribution in [0.5, 0.6) is 17.2 Å². The smallest absolute Gasteiger partial charge is 0.360 e. The molecule has 1 heterocycles. The summed E-state index contributed by atoms with van der Waals surface area (Å²) in [7, 11) is 4.45. The quantitative estimate of drug-likeness (QED) is 0.716. The van der Waals surface area contributed by atoms with Crippen LogP contribution in [0.2, 0.25) is 0 Å². The molecule has 140 valence electrons. The molecule has 0 bridgehead atoms. The van der Waals surface area contributed by atoms with E-state index in [1.165, 1.54) is 26.0 Å². The van der Waals surface area contributed by atoms with Crippen LogP contribution in [0.1, 0.15) is 23.2 Å². The van der Waals surface area contributed by atoms with Crippen LogP contribution >= 0.6 is 18.1 Å². The van der Waals surface area contributed by atoms with Gasteiger partial charge in [-0.25, -0.2) is 4.67 Å². The number of ether oxygens (including phenoxy) is 3. The van der Waals surface area contributed by atoms with Gasteiger partial charge >= 0.3 is 6.87 Å². The second kappa shape index (κ2) is 8.27. The van der Waals surface area contributed by atoms with E-state index in [9.17, 15) is 14.3 Å². The summed E-state index contributed by atoms with van der Waals surface area (Å²) in [4.78, 5) is 21.9. The van der Waals surface area contributed by atoms with E-state index in [4.69, 9.17) is 25.5 Å². The summed E-state index contributed by atoms with van der Waals surface area (Å²) in [5.74, 6) is 0.918. The van der Waals surface area contributed by atoms with Gasteiger partial charge in [-0.1, -0.05) is 0 Å². The molecule has 1 aromatic carbocycles. The second-order valence-corrected chi connectivity index (χ2v) is 8.42. The maximum Gasteiger partial charge on any atom is 0.360 e. The van der Waals surface area contributed by atoms with Crippen LogP contribution in [0.3, 0.4) is 0 Å². The molecule has 0 aromatic heterocycles. The average Bonchev–Trinajstić information content (AvgIpc) is 2.59. The molecular formula is C15H22ClN2O6P. The third kappa shape index (κ3) is 4.79. The second-order valence-electron chi connectivity index (χ2n) is 5.59. The van der Waals surface area contributed by atoms with Gasteiger partial charge in [-0.3, -0.25) is 9.36 Å². The number of piperidine rings is 1. The molecule has 1 aromatic rings. The normalized spacial score (nSPS) is 18.3. The number of benzene rings is 1. The van der Waals surface area contributed by atoms with Gasteiger partial charge in [0.15, 0.2) is 11.5 Å². The molecular weight excluding hydrogens is 371 g/mol. The van der Waals surface area contributed by atoms with Gasteiger partial charge in [0.25, 0.3) is 5.91 Å². The van der Waals surface area contributed by atoms with Crippen molar-refractivity contribution >= 4 is 24.0 Å². The van der Waals surface area contributed by atoms with Crippen LogP contribution < -0.4 is 19.5 Å². The molecule has 1 saturated heterocycles. The van der Waals surface area contributed by atoms with E-state index in [0.29, 0.717) is 48.7 Å². The Morgan fingerprint density at radius 2 is 1.72 bits per heavy atom. The highest BCUT2D eigenvalue weighted by atomic mass is 35.7. The number of hydrogen-bond acceptors (Lipinski definition) is 5. The number of hydrogen-bond donors (Lipinski definition) is 2. The number of nitrogens with zero attached hydrogens (tertiary/aromatic N) is 1. The van der Waals surface area contributed by atoms with E-state index < -0.39 is 6.87 Å². The Kier molecular flexibility index (Phi) is 6.57. The topological polar surface area (TPSA) is 97.3 Å². The molecule has 10 heteroatoms. The third-order valence-electron chi connectivity index (χ3n) is 4.08. The van der Waals surface area contributed by atoms with Gasteiger partial charge < -0.3 is 24.4 Å². The summed E-state index contributed by atoms with van der Waals surface area (Å²) < 4.78 is 28.5. The summed E-state index contributed by atoms with van der Waals surface area (Å²) in [5.41, 5.74) is 0.377. The van der Waals surface area contributed by atoms with Crippen molar-refractivity contribution in [2.45, 2.75) is 18.9 Å². The molecule has 1 fully saturated rings. The van der Waals surface area contributed by atoms with E-state index in [1.807, 2.05) is 0 Å². The van der Waals surface area contributed by atoms with E-state index >= 15 is 0 Å². The number of methoxy groups -OCH3 is 3. The molecule has 0 saturated carbocycles. The van der Waals surface area contributed by atoms with Crippen LogP contribution in [0.25, 0.3) is 0 Å². The number of carbonyl (C=O) groups excluding carboxylic acids is 1. The molecule has 1 unspecified atom stereocenters. The molecule has 2 rings (SSSR count). The zero-order chi connectivity index (χ0) is 18.6. The summed E-state index contributed by atoms with van der Waals surface area (Å²) >= 11 is 5.47. The molecule has 0 radical (unpaired) electrons. The van der Waals surface area contributed by atoms with Crippen molar-refractivity contribution in [3.8, 4) is 17.2 Å². The van der Waals surface area contributed by atoms with Gasteiger partial charge in [0.1, 0.15) is 0 Å². The standard InChI is InChI=1S/C15H22ClN2O6P/c1-22-12-8-10(9-13(23-2)14(12)24-3)15(19)17-11-4-6-18(7-5-11)25(16,20)21/h8-9,11H,4-7H2,1-3H3,(H,17,19)(H,20,21). The van der Waals surface area contributed by atoms with Crippen LogP contribution in [0.15, 0.2) is 12.1 Å². The average molecular weight is 393 g/mol. The lowest BCUT2D eigenvalue weighted by atomic mass is 10.1. The van der Waals surface area contributed by atoms with Crippen molar-refractivity contribution in [2.24, 2.45) is 0 Å². The zero-order valence-corrected chi connectivity index (χ0v) is 16.0. The van der Waals surface area contributed by atoms with E-state index in [1.54, 1.807) is 12.1 Å². The Morgan fingerprint density at radius 1 is 1.20 bits per heavy atom. The Balaban J connectivity index is 2.08. The van der Waals surface area contributed by atoms with Crippen LogP contribution in [0, 0.1) is 0 Å². The number of carbonyl (C=O) groups is 1. The van der Waals surface area contributed by atoms with Crippen molar-refractivity contribution < 1.29 is 28.5 Å². The third-order valence-corrected chi connectivity index (χ3v) is 5.82. The lowest BCUT2D eigenvalue weighted by molar-refractivity contribution is 0.0922. The van der Waals surface area contributed by atoms with Crippen molar-refractivity contribution in [3.63, 3.8) is 0 Å². The maximum absolute atomic E-state index is 12.5. The van der Waals surface area contributed by atoms with Gasteiger partial charge in [-0.2, -0.15) is 0 Å². The van der Waals surface area contributed by atoms with Crippen LogP contribution in [-0.4, -0.2) is 55.9 Å². The highest BCUT2D eigenvalue weighted by Crippen LogP contribution is 2.51. The first-order valence-corrected chi connectivity index (χ1v) is 10.2. The van der Waals surface area contributed by atoms with E-state index in [2.05, 4.69) is 5.32 Å². The molecule has 1 atom stereocenters. The van der Waals surface area contributed by atoms with Crippen molar-refractivity contribution in [3.05, 3.63) is 17.7 Å². The molecule has 0 aliphatic carbocycles.